The van der Waals surface area contributed by atoms with E-state index in [0.717, 1.165) is 37.6 Å². The van der Waals surface area contributed by atoms with Crippen LogP contribution in [0, 0.1) is 0 Å². The number of carbonyl (C=O) groups is 2. The van der Waals surface area contributed by atoms with Crippen LogP contribution >= 0.6 is 0 Å². The van der Waals surface area contributed by atoms with E-state index in [0.29, 0.717) is 17.8 Å². The molecule has 2 atom stereocenters. The van der Waals surface area contributed by atoms with E-state index < -0.39 is 5.54 Å². The molecule has 3 heterocycles. The summed E-state index contributed by atoms with van der Waals surface area (Å²) < 4.78 is 7.46. The van der Waals surface area contributed by atoms with Crippen LogP contribution < -0.4 is 5.32 Å². The SMILES string of the molecule is CCC(C)N1C(=O)c2cc3occc3n2CC1(C)C(=O)NC1CCCCCC1. The number of aromatic nitrogens is 1. The second kappa shape index (κ2) is 7.30. The Hall–Kier alpha value is -2.24. The average Bonchev–Trinajstić information content (AvgIpc) is 3.16. The Kier molecular flexibility index (Phi) is 4.98. The van der Waals surface area contributed by atoms with E-state index in [-0.39, 0.29) is 23.9 Å². The van der Waals surface area contributed by atoms with Crippen LogP contribution in [0.25, 0.3) is 11.1 Å². The summed E-state index contributed by atoms with van der Waals surface area (Å²) in [5.41, 5.74) is 1.26. The second-order valence-electron chi connectivity index (χ2n) is 8.65. The predicted molar refractivity (Wildman–Crippen MR) is 108 cm³/mol. The summed E-state index contributed by atoms with van der Waals surface area (Å²) in [5, 5.41) is 3.29. The Bertz CT molecular complexity index is 875. The third-order valence-corrected chi connectivity index (χ3v) is 6.67. The van der Waals surface area contributed by atoms with Crippen molar-refractivity contribution in [1.82, 2.24) is 14.8 Å². The van der Waals surface area contributed by atoms with Crippen molar-refractivity contribution >= 4 is 22.9 Å². The first-order valence-corrected chi connectivity index (χ1v) is 10.7. The molecule has 152 valence electrons. The van der Waals surface area contributed by atoms with Crippen molar-refractivity contribution in [3.63, 3.8) is 0 Å². The van der Waals surface area contributed by atoms with Crippen molar-refractivity contribution in [2.24, 2.45) is 0 Å². The molecular weight excluding hydrogens is 354 g/mol. The normalized spacial score (nSPS) is 24.8. The number of rotatable bonds is 4. The summed E-state index contributed by atoms with van der Waals surface area (Å²) >= 11 is 0. The number of hydrogen-bond acceptors (Lipinski definition) is 3. The van der Waals surface area contributed by atoms with Gasteiger partial charge in [-0.2, -0.15) is 0 Å². The summed E-state index contributed by atoms with van der Waals surface area (Å²) in [5.74, 6) is -0.130. The minimum atomic E-state index is -0.922. The fraction of sp³-hybridized carbons (Fsp3) is 0.636. The molecule has 0 saturated heterocycles. The van der Waals surface area contributed by atoms with E-state index >= 15 is 0 Å². The molecule has 4 rings (SSSR count). The summed E-state index contributed by atoms with van der Waals surface area (Å²) in [7, 11) is 0. The quantitative estimate of drug-likeness (QED) is 0.806. The smallest absolute Gasteiger partial charge is 0.271 e. The van der Waals surface area contributed by atoms with Gasteiger partial charge in [0.2, 0.25) is 5.91 Å². The van der Waals surface area contributed by atoms with Crippen LogP contribution in [0.2, 0.25) is 0 Å². The molecule has 2 aromatic heterocycles. The Morgan fingerprint density at radius 1 is 1.32 bits per heavy atom. The van der Waals surface area contributed by atoms with Crippen LogP contribution in [0.4, 0.5) is 0 Å². The molecule has 2 aromatic rings. The zero-order chi connectivity index (χ0) is 19.9. The highest BCUT2D eigenvalue weighted by Crippen LogP contribution is 2.35. The van der Waals surface area contributed by atoms with Crippen LogP contribution in [0.5, 0.6) is 0 Å². The Morgan fingerprint density at radius 3 is 2.71 bits per heavy atom. The fourth-order valence-corrected chi connectivity index (χ4v) is 4.87. The molecule has 0 radical (unpaired) electrons. The third-order valence-electron chi connectivity index (χ3n) is 6.67. The molecular formula is C22H31N3O3. The van der Waals surface area contributed by atoms with Crippen LogP contribution in [0.15, 0.2) is 22.8 Å². The standard InChI is InChI=1S/C22H31N3O3/c1-4-15(2)25-20(26)18-13-19-17(11-12-28-19)24(18)14-22(25,3)21(27)23-16-9-7-5-6-8-10-16/h11-13,15-16H,4-10,14H2,1-3H3,(H,23,27). The Balaban J connectivity index is 1.70. The largest absolute Gasteiger partial charge is 0.463 e. The summed E-state index contributed by atoms with van der Waals surface area (Å²) in [6.45, 7) is 6.44. The minimum Gasteiger partial charge on any atom is -0.463 e. The van der Waals surface area contributed by atoms with E-state index in [1.54, 1.807) is 17.2 Å². The maximum absolute atomic E-state index is 13.5. The van der Waals surface area contributed by atoms with E-state index in [9.17, 15) is 9.59 Å². The van der Waals surface area contributed by atoms with Crippen molar-refractivity contribution in [3.8, 4) is 0 Å². The van der Waals surface area contributed by atoms with Crippen LogP contribution in [0.3, 0.4) is 0 Å². The lowest BCUT2D eigenvalue weighted by Crippen LogP contribution is -2.66. The van der Waals surface area contributed by atoms with Gasteiger partial charge in [0.25, 0.3) is 5.91 Å². The number of nitrogens with one attached hydrogen (secondary N) is 1. The van der Waals surface area contributed by atoms with E-state index in [1.807, 2.05) is 24.5 Å². The van der Waals surface area contributed by atoms with Gasteiger partial charge in [0.05, 0.1) is 18.3 Å². The van der Waals surface area contributed by atoms with Gasteiger partial charge < -0.3 is 19.2 Å². The van der Waals surface area contributed by atoms with Gasteiger partial charge in [-0.15, -0.1) is 0 Å². The van der Waals surface area contributed by atoms with Crippen molar-refractivity contribution in [2.45, 2.75) is 89.9 Å². The lowest BCUT2D eigenvalue weighted by atomic mass is 9.91. The molecule has 6 nitrogen and oxygen atoms in total. The molecule has 1 saturated carbocycles. The van der Waals surface area contributed by atoms with Gasteiger partial charge >= 0.3 is 0 Å². The van der Waals surface area contributed by atoms with Gasteiger partial charge in [-0.3, -0.25) is 9.59 Å². The van der Waals surface area contributed by atoms with Crippen LogP contribution in [-0.4, -0.2) is 38.9 Å². The third kappa shape index (κ3) is 3.03. The lowest BCUT2D eigenvalue weighted by molar-refractivity contribution is -0.135. The molecule has 2 unspecified atom stereocenters. The first-order chi connectivity index (χ1) is 13.5. The summed E-state index contributed by atoms with van der Waals surface area (Å²) in [6.07, 6.45) is 9.29. The van der Waals surface area contributed by atoms with Crippen LogP contribution in [-0.2, 0) is 11.3 Å². The fourth-order valence-electron chi connectivity index (χ4n) is 4.87. The number of nitrogens with zero attached hydrogens (tertiary/aromatic N) is 2. The molecule has 0 spiro atoms. The van der Waals surface area contributed by atoms with Gasteiger partial charge in [-0.05, 0) is 33.1 Å². The van der Waals surface area contributed by atoms with Crippen molar-refractivity contribution in [1.29, 1.82) is 0 Å². The zero-order valence-electron chi connectivity index (χ0n) is 17.2. The van der Waals surface area contributed by atoms with Crippen molar-refractivity contribution < 1.29 is 14.0 Å². The van der Waals surface area contributed by atoms with Crippen molar-refractivity contribution in [3.05, 3.63) is 24.1 Å². The van der Waals surface area contributed by atoms with Crippen molar-refractivity contribution in [2.75, 3.05) is 0 Å². The van der Waals surface area contributed by atoms with E-state index in [2.05, 4.69) is 12.2 Å². The number of hydrogen-bond donors (Lipinski definition) is 1. The first kappa shape index (κ1) is 19.1. The summed E-state index contributed by atoms with van der Waals surface area (Å²) in [6, 6.07) is 3.86. The Morgan fingerprint density at radius 2 is 2.04 bits per heavy atom. The highest BCUT2D eigenvalue weighted by molar-refractivity contribution is 6.03. The lowest BCUT2D eigenvalue weighted by Gasteiger charge is -2.47. The predicted octanol–water partition coefficient (Wildman–Crippen LogP) is 4.09. The van der Waals surface area contributed by atoms with Gasteiger partial charge in [0.1, 0.15) is 11.2 Å². The number of furan rings is 1. The summed E-state index contributed by atoms with van der Waals surface area (Å²) in [4.78, 5) is 28.8. The molecule has 2 amide bonds. The molecule has 2 aliphatic rings. The topological polar surface area (TPSA) is 67.5 Å². The minimum absolute atomic E-state index is 0.0210. The molecule has 1 aliphatic carbocycles. The molecule has 28 heavy (non-hydrogen) atoms. The van der Waals surface area contributed by atoms with Gasteiger partial charge in [0, 0.05) is 24.2 Å². The monoisotopic (exact) mass is 385 g/mol. The van der Waals surface area contributed by atoms with Gasteiger partial charge in [-0.1, -0.05) is 32.6 Å². The molecule has 1 aliphatic heterocycles. The first-order valence-electron chi connectivity index (χ1n) is 10.7. The van der Waals surface area contributed by atoms with Gasteiger partial charge in [0.15, 0.2) is 5.58 Å². The number of amides is 2. The van der Waals surface area contributed by atoms with E-state index in [1.165, 1.54) is 12.8 Å². The molecule has 1 fully saturated rings. The zero-order valence-corrected chi connectivity index (χ0v) is 17.2. The van der Waals surface area contributed by atoms with Gasteiger partial charge in [-0.25, -0.2) is 0 Å². The molecule has 6 heteroatoms. The molecule has 0 bridgehead atoms. The average molecular weight is 386 g/mol. The maximum Gasteiger partial charge on any atom is 0.271 e. The number of fused-ring (bicyclic) bond motifs is 3. The highest BCUT2D eigenvalue weighted by Gasteiger charge is 2.49. The highest BCUT2D eigenvalue weighted by atomic mass is 16.3. The maximum atomic E-state index is 13.5. The molecule has 1 N–H and O–H groups in total. The van der Waals surface area contributed by atoms with Crippen LogP contribution in [0.1, 0.15) is 76.2 Å². The Labute approximate surface area is 166 Å². The van der Waals surface area contributed by atoms with E-state index in [4.69, 9.17) is 4.42 Å². The number of carbonyl (C=O) groups excluding carboxylic acids is 2. The second-order valence-corrected chi connectivity index (χ2v) is 8.65. The molecule has 0 aromatic carbocycles.